The van der Waals surface area contributed by atoms with Gasteiger partial charge in [-0.25, -0.2) is 4.39 Å². The fourth-order valence-corrected chi connectivity index (χ4v) is 3.37. The van der Waals surface area contributed by atoms with Crippen LogP contribution in [0.2, 0.25) is 0 Å². The Balaban J connectivity index is 2.13. The molecule has 1 unspecified atom stereocenters. The first-order chi connectivity index (χ1) is 15.6. The van der Waals surface area contributed by atoms with E-state index in [1.165, 1.54) is 6.92 Å². The van der Waals surface area contributed by atoms with Crippen LogP contribution in [0.3, 0.4) is 0 Å². The molecule has 1 aliphatic heterocycles. The van der Waals surface area contributed by atoms with E-state index in [0.717, 1.165) is 22.3 Å². The number of halogens is 1. The predicted octanol–water partition coefficient (Wildman–Crippen LogP) is 6.09. The summed E-state index contributed by atoms with van der Waals surface area (Å²) in [6.07, 6.45) is 7.88. The lowest BCUT2D eigenvalue weighted by Gasteiger charge is -2.21. The lowest BCUT2D eigenvalue weighted by Crippen LogP contribution is -2.28. The van der Waals surface area contributed by atoms with Crippen molar-refractivity contribution in [1.29, 1.82) is 0 Å². The molecule has 0 fully saturated rings. The number of carbonyl (C=O) groups is 1. The van der Waals surface area contributed by atoms with Gasteiger partial charge >= 0.3 is 0 Å². The molecule has 5 heteroatoms. The number of nitrogens with zero attached hydrogens (tertiary/aromatic N) is 1. The van der Waals surface area contributed by atoms with E-state index in [9.17, 15) is 9.18 Å². The van der Waals surface area contributed by atoms with E-state index in [4.69, 9.17) is 4.74 Å². The molecule has 1 atom stereocenters. The summed E-state index contributed by atoms with van der Waals surface area (Å²) in [4.78, 5) is 14.9. The number of hydrogen-bond acceptors (Lipinski definition) is 3. The molecular formula is C28H37FN2O2. The highest BCUT2D eigenvalue weighted by molar-refractivity contribution is 6.01. The Morgan fingerprint density at radius 1 is 1.33 bits per heavy atom. The molecule has 0 aliphatic carbocycles. The maximum Gasteiger partial charge on any atom is 0.258 e. The molecular weight excluding hydrogens is 415 g/mol. The number of nitrogens with one attached hydrogen (secondary N) is 1. The number of amides is 1. The minimum atomic E-state index is -1.46. The predicted molar refractivity (Wildman–Crippen MR) is 135 cm³/mol. The van der Waals surface area contributed by atoms with Crippen molar-refractivity contribution in [2.75, 3.05) is 13.2 Å². The lowest BCUT2D eigenvalue weighted by atomic mass is 10.0. The number of carbonyl (C=O) groups excluding carboxylic acids is 1. The molecule has 1 heterocycles. The molecule has 0 radical (unpaired) electrons. The lowest BCUT2D eigenvalue weighted by molar-refractivity contribution is -0.126. The number of alkyl halides is 1. The van der Waals surface area contributed by atoms with E-state index >= 15 is 0 Å². The van der Waals surface area contributed by atoms with Crippen LogP contribution in [0.25, 0.3) is 5.57 Å². The molecule has 0 bridgehead atoms. The molecule has 2 rings (SSSR count). The van der Waals surface area contributed by atoms with Crippen molar-refractivity contribution >= 4 is 11.5 Å². The summed E-state index contributed by atoms with van der Waals surface area (Å²) >= 11 is 0. The van der Waals surface area contributed by atoms with Crippen molar-refractivity contribution in [3.05, 3.63) is 89.9 Å². The monoisotopic (exact) mass is 452 g/mol. The first kappa shape index (κ1) is 26.2. The summed E-state index contributed by atoms with van der Waals surface area (Å²) in [6, 6.07) is 8.43. The van der Waals surface area contributed by atoms with Gasteiger partial charge in [0.05, 0.1) is 5.57 Å². The van der Waals surface area contributed by atoms with Crippen LogP contribution in [0.4, 0.5) is 4.39 Å². The quantitative estimate of drug-likeness (QED) is 0.308. The van der Waals surface area contributed by atoms with E-state index in [1.54, 1.807) is 11.8 Å². The molecule has 33 heavy (non-hydrogen) atoms. The highest BCUT2D eigenvalue weighted by atomic mass is 19.1. The fraction of sp³-hybridized carbons (Fsp3) is 0.393. The van der Waals surface area contributed by atoms with E-state index in [0.29, 0.717) is 31.1 Å². The average Bonchev–Trinajstić information content (AvgIpc) is 3.08. The number of ether oxygens (including phenoxy) is 1. The Hall–Kier alpha value is -3.08. The molecule has 1 N–H and O–H groups in total. The van der Waals surface area contributed by atoms with Gasteiger partial charge in [0.15, 0.2) is 0 Å². The minimum absolute atomic E-state index is 0.130. The minimum Gasteiger partial charge on any atom is -0.490 e. The zero-order chi connectivity index (χ0) is 24.6. The first-order valence-corrected chi connectivity index (χ1v) is 11.5. The van der Waals surface area contributed by atoms with Gasteiger partial charge in [0.1, 0.15) is 18.0 Å². The zero-order valence-electron chi connectivity index (χ0n) is 20.6. The molecule has 1 amide bonds. The molecule has 1 aromatic carbocycles. The van der Waals surface area contributed by atoms with Crippen LogP contribution in [-0.4, -0.2) is 35.7 Å². The Morgan fingerprint density at radius 2 is 2.00 bits per heavy atom. The van der Waals surface area contributed by atoms with Gasteiger partial charge in [-0.1, -0.05) is 62.6 Å². The van der Waals surface area contributed by atoms with Gasteiger partial charge in [0.2, 0.25) is 0 Å². The van der Waals surface area contributed by atoms with Crippen LogP contribution in [0.15, 0.2) is 78.8 Å². The van der Waals surface area contributed by atoms with Crippen molar-refractivity contribution in [3.8, 4) is 0 Å². The largest absolute Gasteiger partial charge is 0.490 e. The topological polar surface area (TPSA) is 41.6 Å². The van der Waals surface area contributed by atoms with Crippen LogP contribution in [-0.2, 0) is 16.1 Å². The van der Waals surface area contributed by atoms with Crippen LogP contribution in [0.5, 0.6) is 0 Å². The van der Waals surface area contributed by atoms with Crippen LogP contribution >= 0.6 is 0 Å². The van der Waals surface area contributed by atoms with Gasteiger partial charge in [-0.05, 0) is 56.4 Å². The fourth-order valence-electron chi connectivity index (χ4n) is 3.37. The highest BCUT2D eigenvalue weighted by Crippen LogP contribution is 2.29. The summed E-state index contributed by atoms with van der Waals surface area (Å²) < 4.78 is 19.9. The second-order valence-electron chi connectivity index (χ2n) is 8.86. The molecule has 0 saturated heterocycles. The molecule has 178 valence electrons. The number of rotatable bonds is 12. The van der Waals surface area contributed by atoms with E-state index in [1.807, 2.05) is 55.6 Å². The third kappa shape index (κ3) is 7.21. The van der Waals surface area contributed by atoms with Gasteiger partial charge in [-0.15, -0.1) is 0 Å². The molecule has 0 saturated carbocycles. The van der Waals surface area contributed by atoms with Gasteiger partial charge in [0.25, 0.3) is 5.91 Å². The average molecular weight is 453 g/mol. The molecule has 1 aliphatic rings. The Kier molecular flexibility index (Phi) is 9.27. The van der Waals surface area contributed by atoms with Gasteiger partial charge in [0, 0.05) is 25.3 Å². The summed E-state index contributed by atoms with van der Waals surface area (Å²) in [5.41, 5.74) is 2.87. The maximum absolute atomic E-state index is 14.3. The number of allylic oxidation sites excluding steroid dienone is 3. The Labute approximate surface area is 198 Å². The highest BCUT2D eigenvalue weighted by Gasteiger charge is 2.32. The summed E-state index contributed by atoms with van der Waals surface area (Å²) in [6.45, 7) is 17.9. The smallest absolute Gasteiger partial charge is 0.258 e. The second kappa shape index (κ2) is 11.7. The van der Waals surface area contributed by atoms with Crippen molar-refractivity contribution in [1.82, 2.24) is 10.2 Å². The van der Waals surface area contributed by atoms with Gasteiger partial charge in [-0.2, -0.15) is 0 Å². The van der Waals surface area contributed by atoms with E-state index in [-0.39, 0.29) is 18.3 Å². The number of benzene rings is 1. The van der Waals surface area contributed by atoms with Gasteiger partial charge < -0.3 is 15.0 Å². The molecule has 0 aromatic heterocycles. The Morgan fingerprint density at radius 3 is 2.55 bits per heavy atom. The normalized spacial score (nSPS) is 16.5. The Bertz CT molecular complexity index is 953. The second-order valence-corrected chi connectivity index (χ2v) is 8.86. The van der Waals surface area contributed by atoms with Crippen LogP contribution < -0.4 is 5.32 Å². The van der Waals surface area contributed by atoms with Crippen LogP contribution in [0, 0.1) is 0 Å². The van der Waals surface area contributed by atoms with E-state index in [2.05, 4.69) is 32.3 Å². The standard InChI is InChI=1S/C28H37FN2O2/c1-8-11-25-18-31(27(32)26(25)21(6)33-19-28(7,29)10-3)17-22-12-14-24(15-13-22)23(9-2)16-30-20(4)5/h8-9,11-16,20,30H,2,6,10,17-19H2,1,3-5,7H3/b11-8-,23-16+. The third-order valence-electron chi connectivity index (χ3n) is 5.57. The summed E-state index contributed by atoms with van der Waals surface area (Å²) in [5, 5.41) is 3.29. The van der Waals surface area contributed by atoms with Crippen molar-refractivity contribution in [2.24, 2.45) is 0 Å². The maximum atomic E-state index is 14.3. The van der Waals surface area contributed by atoms with Crippen molar-refractivity contribution in [3.63, 3.8) is 0 Å². The summed E-state index contributed by atoms with van der Waals surface area (Å²) in [7, 11) is 0. The molecule has 4 nitrogen and oxygen atoms in total. The zero-order valence-corrected chi connectivity index (χ0v) is 20.6. The van der Waals surface area contributed by atoms with Gasteiger partial charge in [-0.3, -0.25) is 4.79 Å². The van der Waals surface area contributed by atoms with Crippen molar-refractivity contribution in [2.45, 2.75) is 59.3 Å². The summed E-state index contributed by atoms with van der Waals surface area (Å²) in [5.74, 6) is 0.0729. The van der Waals surface area contributed by atoms with E-state index < -0.39 is 5.67 Å². The SMILES string of the molecule is C=C/C(=C\NC(C)C)c1ccc(CN2CC(/C=C\C)=C(C(=C)OCC(C)(F)CC)C2=O)cc1. The van der Waals surface area contributed by atoms with Crippen LogP contribution in [0.1, 0.15) is 52.2 Å². The molecule has 1 aromatic rings. The first-order valence-electron chi connectivity index (χ1n) is 11.5. The van der Waals surface area contributed by atoms with Crippen molar-refractivity contribution < 1.29 is 13.9 Å². The molecule has 0 spiro atoms. The number of hydrogen-bond donors (Lipinski definition) is 1. The third-order valence-corrected chi connectivity index (χ3v) is 5.57.